The van der Waals surface area contributed by atoms with E-state index in [9.17, 15) is 4.79 Å². The quantitative estimate of drug-likeness (QED) is 0.741. The fraction of sp³-hybridized carbons (Fsp3) is 0.333. The van der Waals surface area contributed by atoms with E-state index in [1.807, 2.05) is 6.07 Å². The lowest BCUT2D eigenvalue weighted by Crippen LogP contribution is -1.95. The second-order valence-corrected chi connectivity index (χ2v) is 5.87. The number of hydrogen-bond acceptors (Lipinski definition) is 5. The minimum atomic E-state index is -0.792. The number of carboxylic acid groups (broad SMARTS) is 1. The molecule has 0 radical (unpaired) electrons. The van der Waals surface area contributed by atoms with Crippen molar-refractivity contribution in [3.05, 3.63) is 27.1 Å². The number of carboxylic acids is 1. The number of rotatable bonds is 6. The molecule has 0 aliphatic rings. The highest BCUT2D eigenvalue weighted by atomic mass is 79.9. The Kier molecular flexibility index (Phi) is 5.24. The zero-order valence-electron chi connectivity index (χ0n) is 10.3. The average molecular weight is 405 g/mol. The first-order valence-electron chi connectivity index (χ1n) is 5.92. The molecule has 0 saturated heterocycles. The molecule has 0 saturated carbocycles. The maximum Gasteiger partial charge on any atom is 0.303 e. The summed E-state index contributed by atoms with van der Waals surface area (Å²) in [6.45, 7) is 0. The predicted octanol–water partition coefficient (Wildman–Crippen LogP) is 3.45. The first kappa shape index (κ1) is 15.1. The molecule has 0 aromatic carbocycles. The van der Waals surface area contributed by atoms with Crippen LogP contribution in [0, 0.1) is 0 Å². The summed E-state index contributed by atoms with van der Waals surface area (Å²) >= 11 is 6.72. The molecule has 2 aromatic rings. The second kappa shape index (κ2) is 6.94. The smallest absolute Gasteiger partial charge is 0.303 e. The minimum Gasteiger partial charge on any atom is -0.481 e. The fourth-order valence-electron chi connectivity index (χ4n) is 1.58. The number of pyridine rings is 1. The van der Waals surface area contributed by atoms with Crippen LogP contribution in [-0.2, 0) is 11.2 Å². The van der Waals surface area contributed by atoms with Crippen LogP contribution in [0.5, 0.6) is 0 Å². The van der Waals surface area contributed by atoms with Crippen molar-refractivity contribution in [1.29, 1.82) is 0 Å². The van der Waals surface area contributed by atoms with Crippen LogP contribution in [0.1, 0.15) is 25.2 Å². The molecule has 8 heteroatoms. The zero-order chi connectivity index (χ0) is 14.5. The van der Waals surface area contributed by atoms with Crippen molar-refractivity contribution in [2.45, 2.75) is 25.7 Å². The van der Waals surface area contributed by atoms with Crippen LogP contribution in [0.15, 0.2) is 25.7 Å². The van der Waals surface area contributed by atoms with Gasteiger partial charge in [-0.05, 0) is 50.8 Å². The van der Waals surface area contributed by atoms with E-state index in [1.165, 1.54) is 0 Å². The number of aromatic nitrogens is 3. The molecular weight excluding hydrogens is 394 g/mol. The maximum atomic E-state index is 10.4. The van der Waals surface area contributed by atoms with Gasteiger partial charge in [0.15, 0.2) is 0 Å². The van der Waals surface area contributed by atoms with Gasteiger partial charge in [-0.1, -0.05) is 5.16 Å². The van der Waals surface area contributed by atoms with E-state index in [4.69, 9.17) is 9.63 Å². The highest BCUT2D eigenvalue weighted by molar-refractivity contribution is 9.11. The summed E-state index contributed by atoms with van der Waals surface area (Å²) in [6.07, 6.45) is 3.66. The molecule has 0 unspecified atom stereocenters. The van der Waals surface area contributed by atoms with Crippen LogP contribution in [0.4, 0.5) is 0 Å². The molecule has 106 valence electrons. The van der Waals surface area contributed by atoms with Gasteiger partial charge in [0, 0.05) is 28.0 Å². The van der Waals surface area contributed by atoms with Gasteiger partial charge in [0.2, 0.25) is 11.7 Å². The molecule has 0 spiro atoms. The van der Waals surface area contributed by atoms with Crippen molar-refractivity contribution in [2.75, 3.05) is 0 Å². The van der Waals surface area contributed by atoms with Crippen molar-refractivity contribution < 1.29 is 14.4 Å². The zero-order valence-corrected chi connectivity index (χ0v) is 13.5. The lowest BCUT2D eigenvalue weighted by Gasteiger charge is -1.97. The van der Waals surface area contributed by atoms with E-state index in [1.54, 1.807) is 6.20 Å². The third kappa shape index (κ3) is 4.11. The van der Waals surface area contributed by atoms with Crippen molar-refractivity contribution in [3.8, 4) is 11.5 Å². The van der Waals surface area contributed by atoms with E-state index in [-0.39, 0.29) is 6.42 Å². The highest BCUT2D eigenvalue weighted by Crippen LogP contribution is 2.26. The van der Waals surface area contributed by atoms with Gasteiger partial charge in [0.25, 0.3) is 0 Å². The molecule has 2 rings (SSSR count). The first-order chi connectivity index (χ1) is 9.56. The molecule has 0 fully saturated rings. The van der Waals surface area contributed by atoms with Crippen molar-refractivity contribution in [1.82, 2.24) is 15.1 Å². The van der Waals surface area contributed by atoms with E-state index in [0.717, 1.165) is 8.95 Å². The van der Waals surface area contributed by atoms with E-state index >= 15 is 0 Å². The number of halogens is 2. The lowest BCUT2D eigenvalue weighted by atomic mass is 10.2. The number of hydrogen-bond donors (Lipinski definition) is 1. The summed E-state index contributed by atoms with van der Waals surface area (Å²) in [6, 6.07) is 1.85. The molecule has 0 amide bonds. The van der Waals surface area contributed by atoms with E-state index < -0.39 is 5.97 Å². The Morgan fingerprint density at radius 3 is 2.85 bits per heavy atom. The Hall–Kier alpha value is -1.28. The molecule has 0 aliphatic heterocycles. The monoisotopic (exact) mass is 403 g/mol. The normalized spacial score (nSPS) is 10.7. The summed E-state index contributed by atoms with van der Waals surface area (Å²) in [5.74, 6) is 0.110. The van der Waals surface area contributed by atoms with Crippen LogP contribution in [0.2, 0.25) is 0 Å². The molecule has 1 N–H and O–H groups in total. The Balaban J connectivity index is 1.99. The first-order valence-corrected chi connectivity index (χ1v) is 7.50. The van der Waals surface area contributed by atoms with Gasteiger partial charge < -0.3 is 9.63 Å². The van der Waals surface area contributed by atoms with Gasteiger partial charge in [-0.15, -0.1) is 0 Å². The molecule has 0 aliphatic carbocycles. The Morgan fingerprint density at radius 2 is 2.15 bits per heavy atom. The minimum absolute atomic E-state index is 0.154. The number of aliphatic carboxylic acids is 1. The second-order valence-electron chi connectivity index (χ2n) is 4.10. The van der Waals surface area contributed by atoms with Crippen LogP contribution in [0.3, 0.4) is 0 Å². The summed E-state index contributed by atoms with van der Waals surface area (Å²) in [5.41, 5.74) is 0.605. The van der Waals surface area contributed by atoms with Crippen molar-refractivity contribution in [2.24, 2.45) is 0 Å². The number of aryl methyl sites for hydroxylation is 1. The third-order valence-corrected chi connectivity index (χ3v) is 3.56. The number of nitrogens with zero attached hydrogens (tertiary/aromatic N) is 3. The average Bonchev–Trinajstić information content (AvgIpc) is 2.83. The molecule has 0 atom stereocenters. The van der Waals surface area contributed by atoms with Gasteiger partial charge >= 0.3 is 5.97 Å². The van der Waals surface area contributed by atoms with Crippen LogP contribution < -0.4 is 0 Å². The summed E-state index contributed by atoms with van der Waals surface area (Å²) in [5, 5.41) is 12.4. The Labute approximate surface area is 131 Å². The van der Waals surface area contributed by atoms with Crippen LogP contribution in [-0.4, -0.2) is 26.2 Å². The van der Waals surface area contributed by atoms with Gasteiger partial charge in [-0.2, -0.15) is 4.98 Å². The van der Waals surface area contributed by atoms with E-state index in [2.05, 4.69) is 47.0 Å². The maximum absolute atomic E-state index is 10.4. The molecule has 0 bridgehead atoms. The molecule has 2 aromatic heterocycles. The van der Waals surface area contributed by atoms with Gasteiger partial charge in [0.05, 0.1) is 0 Å². The van der Waals surface area contributed by atoms with Crippen molar-refractivity contribution >= 4 is 37.8 Å². The standard InChI is InChI=1S/C12H11Br2N3O3/c13-7-5-8(14)11(15-6-7)12-16-9(20-17-12)3-1-2-4-10(18)19/h5-6H,1-4H2,(H,18,19). The van der Waals surface area contributed by atoms with Crippen LogP contribution in [0.25, 0.3) is 11.5 Å². The van der Waals surface area contributed by atoms with Gasteiger partial charge in [-0.25, -0.2) is 0 Å². The number of carbonyl (C=O) groups is 1. The predicted molar refractivity (Wildman–Crippen MR) is 78.1 cm³/mol. The SMILES string of the molecule is O=C(O)CCCCc1nc(-c2ncc(Br)cc2Br)no1. The molecule has 2 heterocycles. The molecular formula is C12H11Br2N3O3. The highest BCUT2D eigenvalue weighted by Gasteiger charge is 2.13. The number of unbranched alkanes of at least 4 members (excludes halogenated alkanes) is 1. The summed E-state index contributed by atoms with van der Waals surface area (Å²) in [7, 11) is 0. The Morgan fingerprint density at radius 1 is 1.35 bits per heavy atom. The molecule has 6 nitrogen and oxygen atoms in total. The van der Waals surface area contributed by atoms with Gasteiger partial charge in [0.1, 0.15) is 5.69 Å². The third-order valence-electron chi connectivity index (χ3n) is 2.52. The lowest BCUT2D eigenvalue weighted by molar-refractivity contribution is -0.137. The fourth-order valence-corrected chi connectivity index (χ4v) is 2.75. The topological polar surface area (TPSA) is 89.1 Å². The van der Waals surface area contributed by atoms with Crippen molar-refractivity contribution in [3.63, 3.8) is 0 Å². The van der Waals surface area contributed by atoms with Gasteiger partial charge in [-0.3, -0.25) is 9.78 Å². The summed E-state index contributed by atoms with van der Waals surface area (Å²) in [4.78, 5) is 18.9. The Bertz CT molecular complexity index is 616. The van der Waals surface area contributed by atoms with E-state index in [0.29, 0.717) is 36.7 Å². The summed E-state index contributed by atoms with van der Waals surface area (Å²) < 4.78 is 6.75. The largest absolute Gasteiger partial charge is 0.481 e. The van der Waals surface area contributed by atoms with Crippen LogP contribution >= 0.6 is 31.9 Å². The molecule has 20 heavy (non-hydrogen) atoms.